The molecule has 13 heteroatoms. The van der Waals surface area contributed by atoms with Crippen molar-refractivity contribution in [1.29, 1.82) is 0 Å². The number of nitrogens with zero attached hydrogens (tertiary/aromatic N) is 3. The average Bonchev–Trinajstić information content (AvgIpc) is 3.40. The Morgan fingerprint density at radius 3 is 1.59 bits per heavy atom. The molecule has 0 aliphatic rings. The fourth-order valence-electron chi connectivity index (χ4n) is 4.32. The number of aryl methyl sites for hydroxylation is 2. The van der Waals surface area contributed by atoms with E-state index in [0.717, 1.165) is 29.1 Å². The Morgan fingerprint density at radius 2 is 1.23 bits per heavy atom. The van der Waals surface area contributed by atoms with Crippen molar-refractivity contribution in [2.75, 3.05) is 13.2 Å². The fraction of sp³-hybridized carbons (Fsp3) is 0.462. The van der Waals surface area contributed by atoms with E-state index in [9.17, 15) is 19.2 Å². The summed E-state index contributed by atoms with van der Waals surface area (Å²) in [7, 11) is 0. The van der Waals surface area contributed by atoms with Crippen molar-refractivity contribution in [3.63, 3.8) is 0 Å². The quantitative estimate of drug-likeness (QED) is 0.268. The number of aromatic amines is 2. The third-order valence-corrected chi connectivity index (χ3v) is 8.87. The van der Waals surface area contributed by atoms with Crippen LogP contribution >= 0.6 is 22.7 Å². The maximum Gasteiger partial charge on any atom is 0.348 e. The van der Waals surface area contributed by atoms with E-state index in [1.54, 1.807) is 27.7 Å². The maximum atomic E-state index is 13.0. The van der Waals surface area contributed by atoms with Gasteiger partial charge in [0.1, 0.15) is 31.1 Å². The van der Waals surface area contributed by atoms with Crippen molar-refractivity contribution in [1.82, 2.24) is 24.8 Å². The summed E-state index contributed by atoms with van der Waals surface area (Å²) in [5.41, 5.74) is 0.459. The van der Waals surface area contributed by atoms with Crippen molar-refractivity contribution in [2.45, 2.75) is 67.1 Å². The van der Waals surface area contributed by atoms with Crippen LogP contribution in [0.1, 0.15) is 76.2 Å². The minimum absolute atomic E-state index is 0.0623. The van der Waals surface area contributed by atoms with Crippen LogP contribution in [0.15, 0.2) is 9.59 Å². The number of hydrogen-bond acceptors (Lipinski definition) is 11. The van der Waals surface area contributed by atoms with Crippen LogP contribution in [0.25, 0.3) is 20.4 Å². The Labute approximate surface area is 232 Å². The van der Waals surface area contributed by atoms with E-state index in [2.05, 4.69) is 19.9 Å². The lowest BCUT2D eigenvalue weighted by Gasteiger charge is -2.27. The molecule has 4 aromatic heterocycles. The molecular weight excluding hydrogens is 542 g/mol. The molecular formula is C26H31N5O6S2. The van der Waals surface area contributed by atoms with Gasteiger partial charge in [0.25, 0.3) is 11.1 Å². The molecule has 0 radical (unpaired) electrons. The first-order valence-corrected chi connectivity index (χ1v) is 14.4. The molecule has 0 aliphatic heterocycles. The van der Waals surface area contributed by atoms with Gasteiger partial charge in [0, 0.05) is 6.04 Å². The van der Waals surface area contributed by atoms with Crippen molar-refractivity contribution < 1.29 is 19.1 Å². The van der Waals surface area contributed by atoms with Gasteiger partial charge in [-0.2, -0.15) is 0 Å². The zero-order chi connectivity index (χ0) is 28.4. The number of aromatic nitrogens is 4. The van der Waals surface area contributed by atoms with Gasteiger partial charge in [0.05, 0.1) is 37.1 Å². The van der Waals surface area contributed by atoms with Crippen LogP contribution in [0.4, 0.5) is 0 Å². The number of ether oxygens (including phenoxy) is 2. The molecule has 2 N–H and O–H groups in total. The highest BCUT2D eigenvalue weighted by atomic mass is 32.1. The summed E-state index contributed by atoms with van der Waals surface area (Å²) in [4.78, 5) is 69.3. The summed E-state index contributed by atoms with van der Waals surface area (Å²) in [6.45, 7) is 12.0. The standard InChI is InChI=1S/C26H31N5O6S2/c1-7-12(4)31(10-15-27-21(32)17-13(5)19(25(34)36-8-2)38-23(17)29-15)11-16-28-22(33)18-14(6)20(26(35)37-9-3)39-24(18)30-16/h12H,7-11H2,1-6H3,(H,27,29,32)(H,28,30,33). The molecule has 0 bridgehead atoms. The van der Waals surface area contributed by atoms with Crippen LogP contribution in [0.2, 0.25) is 0 Å². The number of carbonyl (C=O) groups is 2. The molecule has 1 atom stereocenters. The molecule has 4 rings (SSSR count). The number of fused-ring (bicyclic) bond motifs is 2. The van der Waals surface area contributed by atoms with E-state index in [0.29, 0.717) is 53.0 Å². The number of H-pyrrole nitrogens is 2. The van der Waals surface area contributed by atoms with Gasteiger partial charge < -0.3 is 19.4 Å². The normalized spacial score (nSPS) is 12.4. The minimum atomic E-state index is -0.472. The fourth-order valence-corrected chi connectivity index (χ4v) is 6.51. The van der Waals surface area contributed by atoms with Crippen molar-refractivity contribution in [2.24, 2.45) is 0 Å². The van der Waals surface area contributed by atoms with Gasteiger partial charge >= 0.3 is 11.9 Å². The second-order valence-corrected chi connectivity index (χ2v) is 11.1. The molecule has 0 saturated carbocycles. The van der Waals surface area contributed by atoms with Crippen molar-refractivity contribution in [3.8, 4) is 0 Å². The van der Waals surface area contributed by atoms with Crippen LogP contribution in [-0.2, 0) is 22.6 Å². The second-order valence-electron chi connectivity index (χ2n) is 9.10. The lowest BCUT2D eigenvalue weighted by molar-refractivity contribution is 0.0521. The first kappa shape index (κ1) is 28.6. The van der Waals surface area contributed by atoms with E-state index in [1.165, 1.54) is 0 Å². The second kappa shape index (κ2) is 11.8. The molecule has 0 fully saturated rings. The molecule has 0 amide bonds. The molecule has 11 nitrogen and oxygen atoms in total. The van der Waals surface area contributed by atoms with Gasteiger partial charge in [-0.25, -0.2) is 19.6 Å². The molecule has 0 spiro atoms. The highest BCUT2D eigenvalue weighted by Gasteiger charge is 2.24. The molecule has 4 aromatic rings. The maximum absolute atomic E-state index is 13.0. The smallest absolute Gasteiger partial charge is 0.348 e. The summed E-state index contributed by atoms with van der Waals surface area (Å²) in [5, 5.41) is 0.757. The van der Waals surface area contributed by atoms with Crippen molar-refractivity contribution >= 4 is 55.0 Å². The van der Waals surface area contributed by atoms with E-state index in [1.807, 2.05) is 18.7 Å². The molecule has 0 aromatic carbocycles. The largest absolute Gasteiger partial charge is 0.462 e. The third-order valence-electron chi connectivity index (χ3n) is 6.54. The van der Waals surface area contributed by atoms with Crippen LogP contribution in [0.3, 0.4) is 0 Å². The molecule has 0 aliphatic carbocycles. The molecule has 208 valence electrons. The van der Waals surface area contributed by atoms with Gasteiger partial charge in [-0.05, 0) is 52.2 Å². The van der Waals surface area contributed by atoms with E-state index >= 15 is 0 Å². The monoisotopic (exact) mass is 573 g/mol. The summed E-state index contributed by atoms with van der Waals surface area (Å²) in [6.07, 6.45) is 0.801. The van der Waals surface area contributed by atoms with Gasteiger partial charge in [-0.1, -0.05) is 6.92 Å². The average molecular weight is 574 g/mol. The number of rotatable bonds is 10. The topological polar surface area (TPSA) is 147 Å². The molecule has 39 heavy (non-hydrogen) atoms. The molecule has 4 heterocycles. The zero-order valence-corrected chi connectivity index (χ0v) is 24.4. The summed E-state index contributed by atoms with van der Waals surface area (Å²) >= 11 is 2.28. The first-order chi connectivity index (χ1) is 18.6. The third kappa shape index (κ3) is 5.65. The lowest BCUT2D eigenvalue weighted by atomic mass is 10.2. The Morgan fingerprint density at radius 1 is 0.821 bits per heavy atom. The van der Waals surface area contributed by atoms with Crippen molar-refractivity contribution in [3.05, 3.63) is 53.2 Å². The van der Waals surface area contributed by atoms with Gasteiger partial charge in [-0.15, -0.1) is 22.7 Å². The van der Waals surface area contributed by atoms with Crippen LogP contribution in [-0.4, -0.2) is 56.0 Å². The SMILES string of the molecule is CCOC(=O)c1sc2nc(CN(Cc3nc4sc(C(=O)OCC)c(C)c4c(=O)[nH]3)C(C)CC)[nH]c(=O)c2c1C. The van der Waals surface area contributed by atoms with E-state index < -0.39 is 11.9 Å². The zero-order valence-electron chi connectivity index (χ0n) is 22.7. The highest BCUT2D eigenvalue weighted by molar-refractivity contribution is 7.21. The number of hydrogen-bond donors (Lipinski definition) is 2. The Balaban J connectivity index is 1.67. The Hall–Kier alpha value is -3.42. The van der Waals surface area contributed by atoms with E-state index in [-0.39, 0.29) is 43.5 Å². The number of nitrogens with one attached hydrogen (secondary N) is 2. The summed E-state index contributed by atoms with van der Waals surface area (Å²) in [6, 6.07) is 0.0623. The van der Waals surface area contributed by atoms with Crippen LogP contribution < -0.4 is 11.1 Å². The van der Waals surface area contributed by atoms with Gasteiger partial charge in [0.2, 0.25) is 0 Å². The number of thiophene rings is 2. The molecule has 1 unspecified atom stereocenters. The molecule has 0 saturated heterocycles. The highest BCUT2D eigenvalue weighted by Crippen LogP contribution is 2.29. The number of esters is 2. The predicted octanol–water partition coefficient (Wildman–Crippen LogP) is 4.05. The first-order valence-electron chi connectivity index (χ1n) is 12.7. The predicted molar refractivity (Wildman–Crippen MR) is 151 cm³/mol. The number of carbonyl (C=O) groups excluding carboxylic acids is 2. The summed E-state index contributed by atoms with van der Waals surface area (Å²) in [5.74, 6) is -0.0741. The van der Waals surface area contributed by atoms with Gasteiger partial charge in [-0.3, -0.25) is 14.5 Å². The summed E-state index contributed by atoms with van der Waals surface area (Å²) < 4.78 is 10.2. The Bertz CT molecular complexity index is 1550. The van der Waals surface area contributed by atoms with Crippen LogP contribution in [0.5, 0.6) is 0 Å². The lowest BCUT2D eigenvalue weighted by Crippen LogP contribution is -2.34. The minimum Gasteiger partial charge on any atom is -0.462 e. The van der Waals surface area contributed by atoms with E-state index in [4.69, 9.17) is 9.47 Å². The Kier molecular flexibility index (Phi) is 8.62. The van der Waals surface area contributed by atoms with Crippen LogP contribution in [0, 0.1) is 13.8 Å². The van der Waals surface area contributed by atoms with Gasteiger partial charge in [0.15, 0.2) is 0 Å².